The molecule has 0 saturated heterocycles. The summed E-state index contributed by atoms with van der Waals surface area (Å²) < 4.78 is 0. The lowest BCUT2D eigenvalue weighted by Crippen LogP contribution is -1.76. The van der Waals surface area contributed by atoms with Gasteiger partial charge in [-0.05, 0) is 23.3 Å². The Labute approximate surface area is 101 Å². The zero-order valence-corrected chi connectivity index (χ0v) is 9.56. The first-order valence-electron chi connectivity index (χ1n) is 5.17. The van der Waals surface area contributed by atoms with E-state index in [1.54, 1.807) is 0 Å². The van der Waals surface area contributed by atoms with Crippen LogP contribution in [0.15, 0.2) is 60.7 Å². The van der Waals surface area contributed by atoms with E-state index in [1.165, 1.54) is 5.56 Å². The van der Waals surface area contributed by atoms with Crippen molar-refractivity contribution in [2.24, 2.45) is 0 Å². The van der Waals surface area contributed by atoms with Crippen molar-refractivity contribution in [3.05, 3.63) is 83.2 Å². The van der Waals surface area contributed by atoms with Gasteiger partial charge in [0.1, 0.15) is 0 Å². The van der Waals surface area contributed by atoms with Crippen LogP contribution in [0.4, 0.5) is 0 Å². The van der Waals surface area contributed by atoms with Crippen LogP contribution in [0.5, 0.6) is 0 Å². The Morgan fingerprint density at radius 2 is 1.44 bits per heavy atom. The molecule has 0 saturated carbocycles. The summed E-state index contributed by atoms with van der Waals surface area (Å²) in [5.41, 5.74) is 2.35. The highest BCUT2D eigenvalue weighted by Gasteiger charge is 1.90. The van der Waals surface area contributed by atoms with Crippen molar-refractivity contribution in [2.45, 2.75) is 0 Å². The van der Waals surface area contributed by atoms with Gasteiger partial charge in [0.15, 0.2) is 0 Å². The summed E-state index contributed by atoms with van der Waals surface area (Å²) >= 11 is 5.81. The van der Waals surface area contributed by atoms with E-state index in [1.807, 2.05) is 48.5 Å². The van der Waals surface area contributed by atoms with Crippen LogP contribution in [-0.4, -0.2) is 0 Å². The standard InChI is InChI=1S/C15H12Cl/c16-15-11-9-14(10-12-15)8-4-7-13-5-2-1-3-6-13/h1-12H. The first-order valence-corrected chi connectivity index (χ1v) is 5.54. The zero-order valence-electron chi connectivity index (χ0n) is 8.81. The van der Waals surface area contributed by atoms with E-state index in [0.29, 0.717) is 0 Å². The lowest BCUT2D eigenvalue weighted by Gasteiger charge is -1.96. The molecule has 0 aliphatic carbocycles. The van der Waals surface area contributed by atoms with Crippen LogP contribution in [0.3, 0.4) is 0 Å². The first-order chi connectivity index (χ1) is 7.84. The molecule has 0 aliphatic rings. The third-order valence-electron chi connectivity index (χ3n) is 2.25. The smallest absolute Gasteiger partial charge is 0.0406 e. The molecule has 0 aromatic heterocycles. The molecule has 0 aliphatic heterocycles. The van der Waals surface area contributed by atoms with Crippen molar-refractivity contribution in [3.8, 4) is 0 Å². The molecule has 0 spiro atoms. The summed E-state index contributed by atoms with van der Waals surface area (Å²) in [6, 6.07) is 18.0. The van der Waals surface area contributed by atoms with Gasteiger partial charge in [-0.1, -0.05) is 66.2 Å². The van der Waals surface area contributed by atoms with Crippen LogP contribution >= 0.6 is 11.6 Å². The normalized spacial score (nSPS) is 10.8. The van der Waals surface area contributed by atoms with Gasteiger partial charge in [0.05, 0.1) is 0 Å². The fourth-order valence-electron chi connectivity index (χ4n) is 1.41. The number of rotatable bonds is 3. The molecule has 2 rings (SSSR count). The Morgan fingerprint density at radius 3 is 2.12 bits per heavy atom. The minimum absolute atomic E-state index is 0.768. The van der Waals surface area contributed by atoms with Crippen molar-refractivity contribution in [2.75, 3.05) is 0 Å². The van der Waals surface area contributed by atoms with Crippen LogP contribution in [0, 0.1) is 6.42 Å². The molecular formula is C15H12Cl. The molecule has 1 radical (unpaired) electrons. The van der Waals surface area contributed by atoms with E-state index in [-0.39, 0.29) is 0 Å². The largest absolute Gasteiger partial charge is 0.0843 e. The van der Waals surface area contributed by atoms with E-state index in [4.69, 9.17) is 11.6 Å². The van der Waals surface area contributed by atoms with Crippen molar-refractivity contribution < 1.29 is 0 Å². The summed E-state index contributed by atoms with van der Waals surface area (Å²) in [4.78, 5) is 0. The van der Waals surface area contributed by atoms with Gasteiger partial charge < -0.3 is 0 Å². The zero-order chi connectivity index (χ0) is 11.2. The topological polar surface area (TPSA) is 0 Å². The number of allylic oxidation sites excluding steroid dienone is 1. The first kappa shape index (κ1) is 11.0. The van der Waals surface area contributed by atoms with Gasteiger partial charge in [-0.2, -0.15) is 0 Å². The van der Waals surface area contributed by atoms with Gasteiger partial charge in [-0.25, -0.2) is 0 Å². The molecule has 0 atom stereocenters. The Kier molecular flexibility index (Phi) is 3.79. The fraction of sp³-hybridized carbons (Fsp3) is 0. The van der Waals surface area contributed by atoms with Crippen LogP contribution < -0.4 is 0 Å². The third kappa shape index (κ3) is 3.25. The molecule has 0 N–H and O–H groups in total. The fourth-order valence-corrected chi connectivity index (χ4v) is 1.53. The average molecular weight is 228 g/mol. The van der Waals surface area contributed by atoms with E-state index >= 15 is 0 Å². The molecule has 79 valence electrons. The van der Waals surface area contributed by atoms with E-state index in [9.17, 15) is 0 Å². The molecule has 16 heavy (non-hydrogen) atoms. The number of hydrogen-bond acceptors (Lipinski definition) is 0. The van der Waals surface area contributed by atoms with Crippen LogP contribution in [-0.2, 0) is 0 Å². The quantitative estimate of drug-likeness (QED) is 0.719. The molecule has 0 heterocycles. The number of halogens is 1. The van der Waals surface area contributed by atoms with Crippen molar-refractivity contribution in [3.63, 3.8) is 0 Å². The van der Waals surface area contributed by atoms with Crippen molar-refractivity contribution in [1.82, 2.24) is 0 Å². The Morgan fingerprint density at radius 1 is 0.750 bits per heavy atom. The van der Waals surface area contributed by atoms with E-state index in [2.05, 4.69) is 24.6 Å². The molecule has 2 aromatic rings. The maximum atomic E-state index is 5.81. The highest BCUT2D eigenvalue weighted by atomic mass is 35.5. The maximum absolute atomic E-state index is 5.81. The molecular weight excluding hydrogens is 216 g/mol. The molecule has 0 fully saturated rings. The van der Waals surface area contributed by atoms with Gasteiger partial charge in [-0.3, -0.25) is 0 Å². The number of hydrogen-bond donors (Lipinski definition) is 0. The maximum Gasteiger partial charge on any atom is 0.0406 e. The highest BCUT2D eigenvalue weighted by molar-refractivity contribution is 6.30. The molecule has 2 aromatic carbocycles. The van der Waals surface area contributed by atoms with Gasteiger partial charge in [-0.15, -0.1) is 0 Å². The Balaban J connectivity index is 1.97. The van der Waals surface area contributed by atoms with Gasteiger partial charge in [0.25, 0.3) is 0 Å². The van der Waals surface area contributed by atoms with Gasteiger partial charge in [0.2, 0.25) is 0 Å². The highest BCUT2D eigenvalue weighted by Crippen LogP contribution is 2.12. The monoisotopic (exact) mass is 227 g/mol. The second-order valence-corrected chi connectivity index (χ2v) is 3.92. The number of benzene rings is 2. The predicted octanol–water partition coefficient (Wildman–Crippen LogP) is 4.61. The lowest BCUT2D eigenvalue weighted by molar-refractivity contribution is 1.52. The van der Waals surface area contributed by atoms with Gasteiger partial charge >= 0.3 is 0 Å². The van der Waals surface area contributed by atoms with E-state index in [0.717, 1.165) is 10.6 Å². The summed E-state index contributed by atoms with van der Waals surface area (Å²) in [5, 5.41) is 0.768. The average Bonchev–Trinajstić information content (AvgIpc) is 2.33. The molecule has 0 nitrogen and oxygen atoms in total. The van der Waals surface area contributed by atoms with Gasteiger partial charge in [0, 0.05) is 11.4 Å². The van der Waals surface area contributed by atoms with Crippen molar-refractivity contribution in [1.29, 1.82) is 0 Å². The van der Waals surface area contributed by atoms with Crippen molar-refractivity contribution >= 4 is 17.7 Å². The summed E-state index contributed by atoms with van der Waals surface area (Å²) in [7, 11) is 0. The lowest BCUT2D eigenvalue weighted by atomic mass is 10.1. The van der Waals surface area contributed by atoms with E-state index < -0.39 is 0 Å². The summed E-state index contributed by atoms with van der Waals surface area (Å²) in [6.07, 6.45) is 6.18. The summed E-state index contributed by atoms with van der Waals surface area (Å²) in [6.45, 7) is 0. The Bertz CT molecular complexity index is 455. The molecule has 0 bridgehead atoms. The Hall–Kier alpha value is -1.53. The minimum atomic E-state index is 0.768. The third-order valence-corrected chi connectivity index (χ3v) is 2.50. The molecule has 0 unspecified atom stereocenters. The van der Waals surface area contributed by atoms with Crippen LogP contribution in [0.1, 0.15) is 11.1 Å². The summed E-state index contributed by atoms with van der Waals surface area (Å²) in [5.74, 6) is 0. The molecule has 1 heteroatoms. The SMILES string of the molecule is Clc1ccc([CH]C=Cc2ccccc2)cc1. The van der Waals surface area contributed by atoms with Crippen LogP contribution in [0.2, 0.25) is 5.02 Å². The predicted molar refractivity (Wildman–Crippen MR) is 70.3 cm³/mol. The minimum Gasteiger partial charge on any atom is -0.0843 e. The second-order valence-electron chi connectivity index (χ2n) is 3.49. The van der Waals surface area contributed by atoms with Crippen LogP contribution in [0.25, 0.3) is 6.08 Å². The second kappa shape index (κ2) is 5.53. The molecule has 0 amide bonds.